The number of nitrogens with two attached hydrogens (primary N) is 1. The van der Waals surface area contributed by atoms with Gasteiger partial charge in [0.1, 0.15) is 5.82 Å². The standard InChI is InChI=1S/C16H18ClIN4O2S/c1-10-7-15(21-16(19)20-10)22-5-2-6-24-9-14(22)12-8-11(25(18)23)3-4-13(12)17/h3-4,7-8,14H,2,5-6,9H2,1H3,(H2,19,20,21)/t14-,25?/m1/s1. The fourth-order valence-electron chi connectivity index (χ4n) is 2.91. The van der Waals surface area contributed by atoms with E-state index in [2.05, 4.69) is 14.9 Å². The van der Waals surface area contributed by atoms with Gasteiger partial charge in [0.2, 0.25) is 5.95 Å². The second-order valence-electron chi connectivity index (χ2n) is 5.77. The number of halogens is 2. The highest BCUT2D eigenvalue weighted by atomic mass is 127. The quantitative estimate of drug-likeness (QED) is 0.522. The maximum absolute atomic E-state index is 11.9. The molecule has 1 aromatic carbocycles. The van der Waals surface area contributed by atoms with E-state index in [1.807, 2.05) is 40.3 Å². The predicted molar refractivity (Wildman–Crippen MR) is 109 cm³/mol. The Balaban J connectivity index is 2.05. The van der Waals surface area contributed by atoms with Gasteiger partial charge < -0.3 is 19.9 Å². The summed E-state index contributed by atoms with van der Waals surface area (Å²) in [6, 6.07) is 7.22. The van der Waals surface area contributed by atoms with Crippen LogP contribution in [0.3, 0.4) is 0 Å². The van der Waals surface area contributed by atoms with Gasteiger partial charge in [0, 0.05) is 41.6 Å². The van der Waals surface area contributed by atoms with Crippen LogP contribution in [0.5, 0.6) is 0 Å². The van der Waals surface area contributed by atoms with E-state index in [-0.39, 0.29) is 12.0 Å². The minimum Gasteiger partial charge on any atom is -0.604 e. The molecule has 25 heavy (non-hydrogen) atoms. The molecule has 0 spiro atoms. The predicted octanol–water partition coefficient (Wildman–Crippen LogP) is 3.45. The number of anilines is 2. The van der Waals surface area contributed by atoms with Crippen LogP contribution in [-0.4, -0.2) is 34.3 Å². The van der Waals surface area contributed by atoms with E-state index in [1.54, 1.807) is 12.1 Å². The highest BCUT2D eigenvalue weighted by Crippen LogP contribution is 2.35. The topological polar surface area (TPSA) is 87.3 Å². The molecule has 0 aliphatic carbocycles. The van der Waals surface area contributed by atoms with Crippen molar-refractivity contribution >= 4 is 52.9 Å². The molecule has 0 amide bonds. The lowest BCUT2D eigenvalue weighted by Gasteiger charge is -2.31. The molecule has 1 saturated heterocycles. The summed E-state index contributed by atoms with van der Waals surface area (Å²) >= 11 is 8.35. The summed E-state index contributed by atoms with van der Waals surface area (Å²) < 4.78 is 17.6. The summed E-state index contributed by atoms with van der Waals surface area (Å²) in [6.45, 7) is 3.79. The highest BCUT2D eigenvalue weighted by Gasteiger charge is 2.28. The SMILES string of the molecule is Cc1cc(N2CCCOC[C@@H]2c2cc([S+]([O-])I)ccc2Cl)nc(N)n1. The fourth-order valence-corrected chi connectivity index (χ4v) is 4.37. The molecule has 1 aliphatic rings. The van der Waals surface area contributed by atoms with Crippen LogP contribution in [0.1, 0.15) is 23.7 Å². The maximum Gasteiger partial charge on any atom is 0.255 e. The molecular formula is C16H18ClIN4O2S. The molecule has 2 atom stereocenters. The molecule has 2 heterocycles. The number of hydrogen-bond donors (Lipinski definition) is 1. The Morgan fingerprint density at radius 3 is 2.92 bits per heavy atom. The van der Waals surface area contributed by atoms with E-state index in [0.717, 1.165) is 34.9 Å². The number of rotatable bonds is 3. The first-order valence-corrected chi connectivity index (χ1v) is 11.9. The van der Waals surface area contributed by atoms with Gasteiger partial charge in [-0.1, -0.05) is 11.6 Å². The molecule has 2 N–H and O–H groups in total. The number of benzene rings is 1. The molecule has 0 bridgehead atoms. The fraction of sp³-hybridized carbons (Fsp3) is 0.375. The van der Waals surface area contributed by atoms with E-state index in [1.165, 1.54) is 0 Å². The molecular weight excluding hydrogens is 475 g/mol. The number of ether oxygens (including phenoxy) is 1. The Morgan fingerprint density at radius 1 is 1.40 bits per heavy atom. The average molecular weight is 493 g/mol. The van der Waals surface area contributed by atoms with Crippen molar-refractivity contribution in [2.24, 2.45) is 0 Å². The van der Waals surface area contributed by atoms with Crippen molar-refractivity contribution in [2.45, 2.75) is 24.3 Å². The normalized spacial score (nSPS) is 19.5. The van der Waals surface area contributed by atoms with Crippen molar-refractivity contribution < 1.29 is 9.29 Å². The van der Waals surface area contributed by atoms with Crippen molar-refractivity contribution in [3.63, 3.8) is 0 Å². The van der Waals surface area contributed by atoms with Gasteiger partial charge in [-0.05, 0) is 25.5 Å². The summed E-state index contributed by atoms with van der Waals surface area (Å²) in [4.78, 5) is 11.4. The van der Waals surface area contributed by atoms with Crippen LogP contribution >= 0.6 is 32.8 Å². The Morgan fingerprint density at radius 2 is 2.20 bits per heavy atom. The van der Waals surface area contributed by atoms with Gasteiger partial charge in [0.15, 0.2) is 4.90 Å². The summed E-state index contributed by atoms with van der Waals surface area (Å²) in [5.74, 6) is 0.990. The molecule has 1 aliphatic heterocycles. The van der Waals surface area contributed by atoms with Gasteiger partial charge in [-0.25, -0.2) is 4.98 Å². The van der Waals surface area contributed by atoms with Gasteiger partial charge in [0.05, 0.1) is 21.0 Å². The smallest absolute Gasteiger partial charge is 0.255 e. The van der Waals surface area contributed by atoms with E-state index >= 15 is 0 Å². The van der Waals surface area contributed by atoms with Gasteiger partial charge in [-0.2, -0.15) is 4.98 Å². The largest absolute Gasteiger partial charge is 0.604 e. The van der Waals surface area contributed by atoms with Gasteiger partial charge in [-0.15, -0.1) is 0 Å². The minimum atomic E-state index is -1.11. The number of nitrogen functional groups attached to an aromatic ring is 1. The van der Waals surface area contributed by atoms with Gasteiger partial charge in [0.25, 0.3) is 21.2 Å². The number of aryl methyl sites for hydroxylation is 1. The molecule has 1 aromatic heterocycles. The van der Waals surface area contributed by atoms with E-state index in [9.17, 15) is 4.55 Å². The first-order chi connectivity index (χ1) is 12.0. The molecule has 6 nitrogen and oxygen atoms in total. The first-order valence-electron chi connectivity index (χ1n) is 7.78. The second-order valence-corrected chi connectivity index (χ2v) is 9.50. The van der Waals surface area contributed by atoms with Crippen molar-refractivity contribution in [3.8, 4) is 0 Å². The first kappa shape index (κ1) is 19.0. The Labute approximate surface area is 166 Å². The van der Waals surface area contributed by atoms with E-state index < -0.39 is 8.35 Å². The van der Waals surface area contributed by atoms with Crippen molar-refractivity contribution in [3.05, 3.63) is 40.5 Å². The molecule has 134 valence electrons. The highest BCUT2D eigenvalue weighted by molar-refractivity contribution is 14.2. The zero-order chi connectivity index (χ0) is 18.0. The summed E-state index contributed by atoms with van der Waals surface area (Å²) in [5.41, 5.74) is 7.52. The van der Waals surface area contributed by atoms with E-state index in [4.69, 9.17) is 22.1 Å². The Bertz CT molecular complexity index is 745. The van der Waals surface area contributed by atoms with Crippen LogP contribution < -0.4 is 10.6 Å². The van der Waals surface area contributed by atoms with Crippen LogP contribution in [0, 0.1) is 6.92 Å². The summed E-state index contributed by atoms with van der Waals surface area (Å²) in [5, 5.41) is 0.616. The maximum atomic E-state index is 11.9. The molecule has 0 radical (unpaired) electrons. The van der Waals surface area contributed by atoms with Gasteiger partial charge >= 0.3 is 0 Å². The third-order valence-corrected chi connectivity index (χ3v) is 6.50. The Kier molecular flexibility index (Phi) is 6.26. The third kappa shape index (κ3) is 4.48. The molecule has 1 fully saturated rings. The van der Waals surface area contributed by atoms with Crippen LogP contribution in [-0.2, 0) is 13.1 Å². The minimum absolute atomic E-state index is 0.136. The lowest BCUT2D eigenvalue weighted by atomic mass is 10.1. The van der Waals surface area contributed by atoms with Crippen molar-refractivity contribution in [2.75, 3.05) is 30.4 Å². The van der Waals surface area contributed by atoms with Crippen molar-refractivity contribution in [1.82, 2.24) is 9.97 Å². The molecule has 9 heteroatoms. The van der Waals surface area contributed by atoms with E-state index in [0.29, 0.717) is 18.2 Å². The monoisotopic (exact) mass is 492 g/mol. The molecule has 3 rings (SSSR count). The molecule has 1 unspecified atom stereocenters. The number of hydrogen-bond acceptors (Lipinski definition) is 6. The number of aromatic nitrogens is 2. The molecule has 0 saturated carbocycles. The van der Waals surface area contributed by atoms with Crippen LogP contribution in [0.15, 0.2) is 29.2 Å². The third-order valence-electron chi connectivity index (χ3n) is 4.00. The lowest BCUT2D eigenvalue weighted by molar-refractivity contribution is 0.134. The van der Waals surface area contributed by atoms with Crippen molar-refractivity contribution in [1.29, 1.82) is 0 Å². The summed E-state index contributed by atoms with van der Waals surface area (Å²) in [6.07, 6.45) is 0.870. The van der Waals surface area contributed by atoms with Crippen LogP contribution in [0.25, 0.3) is 0 Å². The number of nitrogens with zero attached hydrogens (tertiary/aromatic N) is 3. The zero-order valence-electron chi connectivity index (χ0n) is 13.6. The van der Waals surface area contributed by atoms with Crippen LogP contribution in [0.2, 0.25) is 5.02 Å². The zero-order valence-corrected chi connectivity index (χ0v) is 17.3. The molecule has 2 aromatic rings. The van der Waals surface area contributed by atoms with Crippen LogP contribution in [0.4, 0.5) is 11.8 Å². The average Bonchev–Trinajstić information content (AvgIpc) is 2.80. The van der Waals surface area contributed by atoms with Gasteiger partial charge in [-0.3, -0.25) is 0 Å². The second kappa shape index (κ2) is 8.26. The lowest BCUT2D eigenvalue weighted by Crippen LogP contribution is -2.32. The Hall–Kier alpha value is -0.810. The summed E-state index contributed by atoms with van der Waals surface area (Å²) in [7, 11) is -1.11.